The number of nitriles is 1. The third kappa shape index (κ3) is 1.85. The number of piperidine rings is 1. The van der Waals surface area contributed by atoms with Crippen LogP contribution in [0.3, 0.4) is 0 Å². The minimum absolute atomic E-state index is 0.0357. The second-order valence-corrected chi connectivity index (χ2v) is 13.1. The van der Waals surface area contributed by atoms with Gasteiger partial charge < -0.3 is 56.6 Å². The second kappa shape index (κ2) is 6.15. The summed E-state index contributed by atoms with van der Waals surface area (Å²) in [6, 6.07) is -1.45. The van der Waals surface area contributed by atoms with Crippen molar-refractivity contribution in [2.24, 2.45) is 22.5 Å². The fraction of sp³-hybridized carbons (Fsp3) is 0.917. The van der Waals surface area contributed by atoms with Gasteiger partial charge in [-0.2, -0.15) is 5.26 Å². The van der Waals surface area contributed by atoms with Gasteiger partial charge in [0.25, 0.3) is 0 Å². The van der Waals surface area contributed by atoms with Crippen molar-refractivity contribution in [1.82, 2.24) is 4.90 Å². The number of hydrogen-bond donors (Lipinski definition) is 10. The van der Waals surface area contributed by atoms with E-state index in [0.29, 0.717) is 12.8 Å². The summed E-state index contributed by atoms with van der Waals surface area (Å²) in [5, 5.41) is 117. The van der Waals surface area contributed by atoms with Crippen LogP contribution in [0.1, 0.15) is 54.4 Å². The predicted octanol–water partition coefficient (Wildman–Crippen LogP) is -4.24. The zero-order valence-corrected chi connectivity index (χ0v) is 21.6. The molecule has 208 valence electrons. The van der Waals surface area contributed by atoms with Gasteiger partial charge in [0.05, 0.1) is 28.5 Å². The van der Waals surface area contributed by atoms with Gasteiger partial charge in [0.1, 0.15) is 28.4 Å². The molecule has 13 nitrogen and oxygen atoms in total. The van der Waals surface area contributed by atoms with E-state index in [2.05, 4.69) is 0 Å². The standard InChI is InChI=1S/C24H37N3O10/c1-15-16(2,29)21(13(26)14(28)27-11(9-25)7-10-8-12(10)27)19(5,32)22(34,17(15,3)30)24(36,37)23(35,18(15,4)31)20(21,6)33/h10-13,29-37H,7-8,26H2,1-6H3. The molecule has 1 amide bonds. The Balaban J connectivity index is 1.90. The summed E-state index contributed by atoms with van der Waals surface area (Å²) in [4.78, 5) is 15.2. The first-order chi connectivity index (χ1) is 16.4. The van der Waals surface area contributed by atoms with Crippen LogP contribution in [0.2, 0.25) is 0 Å². The van der Waals surface area contributed by atoms with Gasteiger partial charge >= 0.3 is 0 Å². The number of rotatable bonds is 2. The van der Waals surface area contributed by atoms with Crippen LogP contribution in [-0.4, -0.2) is 120 Å². The van der Waals surface area contributed by atoms with Crippen LogP contribution in [0.5, 0.6) is 0 Å². The maximum absolute atomic E-state index is 14.0. The molecule has 1 heterocycles. The Hall–Kier alpha value is -1.44. The summed E-state index contributed by atoms with van der Waals surface area (Å²) in [7, 11) is 0. The van der Waals surface area contributed by atoms with Crippen molar-refractivity contribution in [3.63, 3.8) is 0 Å². The van der Waals surface area contributed by atoms with E-state index >= 15 is 0 Å². The summed E-state index contributed by atoms with van der Waals surface area (Å²) >= 11 is 0. The monoisotopic (exact) mass is 527 g/mol. The third-order valence-corrected chi connectivity index (χ3v) is 12.3. The van der Waals surface area contributed by atoms with Crippen molar-refractivity contribution < 1.29 is 50.8 Å². The highest BCUT2D eigenvalue weighted by molar-refractivity contribution is 5.86. The van der Waals surface area contributed by atoms with E-state index in [4.69, 9.17) is 5.73 Å². The molecule has 11 atom stereocenters. The molecule has 11 unspecified atom stereocenters. The van der Waals surface area contributed by atoms with Crippen molar-refractivity contribution in [1.29, 1.82) is 5.26 Å². The van der Waals surface area contributed by atoms with E-state index in [-0.39, 0.29) is 12.0 Å². The van der Waals surface area contributed by atoms with Crippen LogP contribution in [0.4, 0.5) is 0 Å². The van der Waals surface area contributed by atoms with Crippen molar-refractivity contribution in [2.75, 3.05) is 0 Å². The van der Waals surface area contributed by atoms with Crippen molar-refractivity contribution >= 4 is 5.91 Å². The van der Waals surface area contributed by atoms with Crippen molar-refractivity contribution in [2.45, 2.75) is 118 Å². The molecule has 13 heteroatoms. The average molecular weight is 528 g/mol. The summed E-state index contributed by atoms with van der Waals surface area (Å²) in [6.07, 6.45) is 0.944. The average Bonchev–Trinajstić information content (AvgIpc) is 3.42. The van der Waals surface area contributed by atoms with Gasteiger partial charge in [-0.15, -0.1) is 0 Å². The van der Waals surface area contributed by atoms with E-state index in [9.17, 15) is 56.0 Å². The molecule has 0 aromatic heterocycles. The summed E-state index contributed by atoms with van der Waals surface area (Å²) < 4.78 is 0. The summed E-state index contributed by atoms with van der Waals surface area (Å²) in [5.74, 6) is -5.00. The number of carbonyl (C=O) groups excluding carboxylic acids is 1. The van der Waals surface area contributed by atoms with Gasteiger partial charge in [-0.3, -0.25) is 4.79 Å². The van der Waals surface area contributed by atoms with Crippen LogP contribution < -0.4 is 5.73 Å². The van der Waals surface area contributed by atoms with Crippen LogP contribution >= 0.6 is 0 Å². The molecule has 0 aromatic rings. The van der Waals surface area contributed by atoms with Crippen LogP contribution in [0.15, 0.2) is 0 Å². The van der Waals surface area contributed by atoms with E-state index in [0.717, 1.165) is 41.5 Å². The number of fused-ring (bicyclic) bond motifs is 1. The molecule has 1 saturated heterocycles. The van der Waals surface area contributed by atoms with Gasteiger partial charge in [0.2, 0.25) is 11.7 Å². The highest BCUT2D eigenvalue weighted by Crippen LogP contribution is 2.85. The largest absolute Gasteiger partial charge is 0.388 e. The van der Waals surface area contributed by atoms with Crippen LogP contribution in [0, 0.1) is 28.1 Å². The topological polar surface area (TPSA) is 252 Å². The zero-order chi connectivity index (χ0) is 28.6. The number of likely N-dealkylation sites (tertiary alicyclic amines) is 1. The maximum atomic E-state index is 14.0. The molecule has 6 aliphatic rings. The molecule has 0 radical (unpaired) electrons. The minimum atomic E-state index is -4.04. The Morgan fingerprint density at radius 1 is 0.811 bits per heavy atom. The summed E-state index contributed by atoms with van der Waals surface area (Å²) in [6.45, 7) is 5.22. The molecule has 0 spiro atoms. The van der Waals surface area contributed by atoms with E-state index in [1.54, 1.807) is 0 Å². The molecule has 5 aliphatic carbocycles. The molecular weight excluding hydrogens is 490 g/mol. The van der Waals surface area contributed by atoms with Crippen LogP contribution in [0.25, 0.3) is 0 Å². The first kappa shape index (κ1) is 27.1. The molecule has 6 fully saturated rings. The smallest absolute Gasteiger partial charge is 0.241 e. The van der Waals surface area contributed by atoms with Gasteiger partial charge in [-0.05, 0) is 53.4 Å². The lowest BCUT2D eigenvalue weighted by atomic mass is 9.18. The first-order valence-electron chi connectivity index (χ1n) is 12.3. The number of aliphatic hydroxyl groups is 9. The van der Waals surface area contributed by atoms with Gasteiger partial charge in [-0.1, -0.05) is 6.92 Å². The second-order valence-electron chi connectivity index (χ2n) is 13.1. The highest BCUT2D eigenvalue weighted by atomic mass is 16.6. The Morgan fingerprint density at radius 2 is 1.24 bits per heavy atom. The number of nitrogens with two attached hydrogens (primary N) is 1. The van der Waals surface area contributed by atoms with Gasteiger partial charge in [0.15, 0.2) is 11.2 Å². The Kier molecular flexibility index (Phi) is 4.51. The molecule has 5 saturated carbocycles. The zero-order valence-electron chi connectivity index (χ0n) is 21.6. The highest BCUT2D eigenvalue weighted by Gasteiger charge is 3.07. The normalized spacial score (nSPS) is 63.8. The fourth-order valence-corrected chi connectivity index (χ4v) is 10.2. The molecule has 4 bridgehead atoms. The summed E-state index contributed by atoms with van der Waals surface area (Å²) in [5.41, 5.74) is -21.6. The first-order valence-corrected chi connectivity index (χ1v) is 12.3. The molecule has 6 rings (SSSR count). The SMILES string of the molecule is CC1(O)C2(C)C(C)(O)C3(O)C(C)(O)C(C(N)C(=O)N4C(C#N)CC5CC54)(C2(C)O)C(C)(O)C1(O)C3(O)O. The lowest BCUT2D eigenvalue weighted by Crippen LogP contribution is -3.13. The Morgan fingerprint density at radius 3 is 1.65 bits per heavy atom. The number of hydrogen-bond acceptors (Lipinski definition) is 12. The number of nitrogens with zero attached hydrogens (tertiary/aromatic N) is 2. The predicted molar refractivity (Wildman–Crippen MR) is 121 cm³/mol. The van der Waals surface area contributed by atoms with E-state index in [1.807, 2.05) is 6.07 Å². The van der Waals surface area contributed by atoms with E-state index < -0.39 is 73.8 Å². The van der Waals surface area contributed by atoms with Crippen molar-refractivity contribution in [3.05, 3.63) is 0 Å². The molecule has 1 aliphatic heterocycles. The number of amides is 1. The molecular formula is C24H37N3O10. The van der Waals surface area contributed by atoms with Gasteiger partial charge in [0, 0.05) is 6.04 Å². The molecule has 11 N–H and O–H groups in total. The maximum Gasteiger partial charge on any atom is 0.241 e. The number of carbonyl (C=O) groups is 1. The van der Waals surface area contributed by atoms with E-state index in [1.165, 1.54) is 4.90 Å². The lowest BCUT2D eigenvalue weighted by molar-refractivity contribution is -0.608. The van der Waals surface area contributed by atoms with Gasteiger partial charge in [-0.25, -0.2) is 0 Å². The Labute approximate surface area is 213 Å². The van der Waals surface area contributed by atoms with Crippen LogP contribution in [-0.2, 0) is 4.79 Å². The fourth-order valence-electron chi connectivity index (χ4n) is 10.2. The Bertz CT molecular complexity index is 1040. The van der Waals surface area contributed by atoms with Crippen molar-refractivity contribution in [3.8, 4) is 6.07 Å². The third-order valence-electron chi connectivity index (χ3n) is 12.3. The minimum Gasteiger partial charge on any atom is -0.388 e. The lowest BCUT2D eigenvalue weighted by Gasteiger charge is -2.90. The molecule has 0 aromatic carbocycles. The quantitative estimate of drug-likeness (QED) is 0.153. The molecule has 37 heavy (non-hydrogen) atoms.